The Balaban J connectivity index is 1.95. The predicted molar refractivity (Wildman–Crippen MR) is 111 cm³/mol. The van der Waals surface area contributed by atoms with Crippen molar-refractivity contribution >= 4 is 6.09 Å². The lowest BCUT2D eigenvalue weighted by Crippen LogP contribution is -2.37. The molecule has 1 heterocycles. The zero-order valence-electron chi connectivity index (χ0n) is 17.9. The van der Waals surface area contributed by atoms with Crippen molar-refractivity contribution in [2.45, 2.75) is 65.3 Å². The second kappa shape index (κ2) is 10.4. The summed E-state index contributed by atoms with van der Waals surface area (Å²) >= 11 is 0. The number of hydrogen-bond donors (Lipinski definition) is 3. The lowest BCUT2D eigenvalue weighted by Gasteiger charge is -2.24. The Bertz CT molecular complexity index is 753. The number of aromatic nitrogens is 1. The van der Waals surface area contributed by atoms with Gasteiger partial charge in [-0.15, -0.1) is 0 Å². The van der Waals surface area contributed by atoms with Gasteiger partial charge >= 0.3 is 6.09 Å². The summed E-state index contributed by atoms with van der Waals surface area (Å²) in [5, 5.41) is 15.8. The number of aliphatic hydroxyl groups excluding tert-OH is 1. The monoisotopic (exact) mass is 403 g/mol. The van der Waals surface area contributed by atoms with E-state index in [0.717, 1.165) is 5.56 Å². The Hall–Kier alpha value is -2.38. The third-order valence-corrected chi connectivity index (χ3v) is 4.29. The summed E-state index contributed by atoms with van der Waals surface area (Å²) in [7, 11) is 0. The lowest BCUT2D eigenvalue weighted by atomic mass is 10.1. The zero-order chi connectivity index (χ0) is 21.4. The van der Waals surface area contributed by atoms with E-state index in [2.05, 4.69) is 15.6 Å². The molecule has 7 nitrogen and oxygen atoms in total. The molecule has 29 heavy (non-hydrogen) atoms. The molecule has 2 aromatic rings. The molecule has 0 aliphatic heterocycles. The van der Waals surface area contributed by atoms with Gasteiger partial charge in [0, 0.05) is 6.04 Å². The number of benzene rings is 1. The molecule has 3 N–H and O–H groups in total. The van der Waals surface area contributed by atoms with Gasteiger partial charge in [0.1, 0.15) is 17.4 Å². The van der Waals surface area contributed by atoms with Crippen molar-refractivity contribution in [1.82, 2.24) is 15.6 Å². The SMILES string of the molecule is CC(C)[C@H](NC(=O)OC(C)(C)C)c1ncc(CN[C@@H](CO)Cc2ccccc2)o1. The summed E-state index contributed by atoms with van der Waals surface area (Å²) in [5.41, 5.74) is 0.578. The van der Waals surface area contributed by atoms with Gasteiger partial charge in [-0.1, -0.05) is 44.2 Å². The number of nitrogens with one attached hydrogen (secondary N) is 2. The van der Waals surface area contributed by atoms with Crippen LogP contribution in [-0.2, 0) is 17.7 Å². The van der Waals surface area contributed by atoms with Gasteiger partial charge in [0.2, 0.25) is 5.89 Å². The van der Waals surface area contributed by atoms with Crippen LogP contribution in [0.5, 0.6) is 0 Å². The molecule has 0 fully saturated rings. The molecular weight excluding hydrogens is 370 g/mol. The summed E-state index contributed by atoms with van der Waals surface area (Å²) in [4.78, 5) is 16.5. The fraction of sp³-hybridized carbons (Fsp3) is 0.545. The van der Waals surface area contributed by atoms with E-state index in [-0.39, 0.29) is 18.6 Å². The molecule has 0 unspecified atom stereocenters. The smallest absolute Gasteiger partial charge is 0.408 e. The van der Waals surface area contributed by atoms with Crippen molar-refractivity contribution < 1.29 is 19.1 Å². The molecule has 160 valence electrons. The van der Waals surface area contributed by atoms with E-state index in [0.29, 0.717) is 24.6 Å². The van der Waals surface area contributed by atoms with Gasteiger partial charge in [-0.3, -0.25) is 0 Å². The molecule has 0 spiro atoms. The van der Waals surface area contributed by atoms with E-state index in [9.17, 15) is 9.90 Å². The van der Waals surface area contributed by atoms with E-state index < -0.39 is 17.7 Å². The molecule has 1 aromatic heterocycles. The summed E-state index contributed by atoms with van der Waals surface area (Å²) in [6, 6.07) is 9.52. The fourth-order valence-electron chi connectivity index (χ4n) is 2.84. The number of aliphatic hydroxyl groups is 1. The van der Waals surface area contributed by atoms with Crippen LogP contribution in [0.25, 0.3) is 0 Å². The van der Waals surface area contributed by atoms with Gasteiger partial charge in [0.15, 0.2) is 0 Å². The highest BCUT2D eigenvalue weighted by Crippen LogP contribution is 2.22. The second-order valence-electron chi connectivity index (χ2n) is 8.48. The Morgan fingerprint density at radius 2 is 1.93 bits per heavy atom. The van der Waals surface area contributed by atoms with Crippen molar-refractivity contribution in [3.63, 3.8) is 0 Å². The van der Waals surface area contributed by atoms with Crippen molar-refractivity contribution in [3.8, 4) is 0 Å². The molecule has 0 radical (unpaired) electrons. The van der Waals surface area contributed by atoms with Crippen LogP contribution in [0.3, 0.4) is 0 Å². The van der Waals surface area contributed by atoms with Crippen LogP contribution in [-0.4, -0.2) is 34.4 Å². The van der Waals surface area contributed by atoms with Crippen LogP contribution < -0.4 is 10.6 Å². The van der Waals surface area contributed by atoms with E-state index in [4.69, 9.17) is 9.15 Å². The number of rotatable bonds is 9. The van der Waals surface area contributed by atoms with Gasteiger partial charge in [0.05, 0.1) is 19.3 Å². The van der Waals surface area contributed by atoms with Crippen molar-refractivity contribution in [1.29, 1.82) is 0 Å². The zero-order valence-corrected chi connectivity index (χ0v) is 17.9. The first-order valence-electron chi connectivity index (χ1n) is 10.00. The van der Waals surface area contributed by atoms with Gasteiger partial charge in [-0.2, -0.15) is 0 Å². The molecule has 1 amide bonds. The molecule has 7 heteroatoms. The highest BCUT2D eigenvalue weighted by atomic mass is 16.6. The number of carbonyl (C=O) groups excluding carboxylic acids is 1. The first-order chi connectivity index (χ1) is 13.7. The Morgan fingerprint density at radius 3 is 2.52 bits per heavy atom. The first-order valence-corrected chi connectivity index (χ1v) is 10.00. The van der Waals surface area contributed by atoms with Crippen LogP contribution in [0.2, 0.25) is 0 Å². The minimum Gasteiger partial charge on any atom is -0.444 e. The van der Waals surface area contributed by atoms with Crippen LogP contribution >= 0.6 is 0 Å². The number of oxazole rings is 1. The summed E-state index contributed by atoms with van der Waals surface area (Å²) in [6.07, 6.45) is 1.86. The lowest BCUT2D eigenvalue weighted by molar-refractivity contribution is 0.0478. The maximum Gasteiger partial charge on any atom is 0.408 e. The minimum absolute atomic E-state index is 0.0186. The molecule has 1 aromatic carbocycles. The summed E-state index contributed by atoms with van der Waals surface area (Å²) < 4.78 is 11.2. The Kier molecular flexibility index (Phi) is 8.22. The Morgan fingerprint density at radius 1 is 1.24 bits per heavy atom. The molecule has 0 aliphatic carbocycles. The van der Waals surface area contributed by atoms with Crippen molar-refractivity contribution in [3.05, 3.63) is 53.7 Å². The number of amides is 1. The molecule has 0 saturated carbocycles. The maximum atomic E-state index is 12.1. The van der Waals surface area contributed by atoms with E-state index in [1.54, 1.807) is 6.20 Å². The summed E-state index contributed by atoms with van der Waals surface area (Å²) in [6.45, 7) is 9.86. The maximum absolute atomic E-state index is 12.1. The highest BCUT2D eigenvalue weighted by Gasteiger charge is 2.26. The van der Waals surface area contributed by atoms with E-state index in [1.807, 2.05) is 65.0 Å². The molecule has 2 rings (SSSR count). The summed E-state index contributed by atoms with van der Waals surface area (Å²) in [5.74, 6) is 1.15. The van der Waals surface area contributed by atoms with Crippen LogP contribution in [0, 0.1) is 5.92 Å². The van der Waals surface area contributed by atoms with Crippen LogP contribution in [0.15, 0.2) is 40.9 Å². The van der Waals surface area contributed by atoms with Crippen molar-refractivity contribution in [2.75, 3.05) is 6.61 Å². The average Bonchev–Trinajstić information content (AvgIpc) is 3.11. The predicted octanol–water partition coefficient (Wildman–Crippen LogP) is 3.59. The van der Waals surface area contributed by atoms with Gasteiger partial charge in [-0.25, -0.2) is 9.78 Å². The number of alkyl carbamates (subject to hydrolysis) is 1. The third kappa shape index (κ3) is 7.87. The minimum atomic E-state index is -0.574. The molecular formula is C22H33N3O4. The molecule has 2 atom stereocenters. The fourth-order valence-corrected chi connectivity index (χ4v) is 2.84. The molecule has 0 bridgehead atoms. The van der Waals surface area contributed by atoms with Gasteiger partial charge in [0.25, 0.3) is 0 Å². The van der Waals surface area contributed by atoms with E-state index in [1.165, 1.54) is 0 Å². The third-order valence-electron chi connectivity index (χ3n) is 4.29. The van der Waals surface area contributed by atoms with Crippen LogP contribution in [0.1, 0.15) is 57.9 Å². The molecule has 0 saturated heterocycles. The Labute approximate surface area is 172 Å². The normalized spacial score (nSPS) is 13.9. The topological polar surface area (TPSA) is 96.6 Å². The average molecular weight is 404 g/mol. The number of nitrogens with zero attached hydrogens (tertiary/aromatic N) is 1. The van der Waals surface area contributed by atoms with Crippen molar-refractivity contribution in [2.24, 2.45) is 5.92 Å². The largest absolute Gasteiger partial charge is 0.444 e. The number of hydrogen-bond acceptors (Lipinski definition) is 6. The molecule has 0 aliphatic rings. The number of ether oxygens (including phenoxy) is 1. The van der Waals surface area contributed by atoms with Crippen LogP contribution in [0.4, 0.5) is 4.79 Å². The standard InChI is InChI=1S/C22H33N3O4/c1-15(2)19(25-21(27)29-22(3,4)5)20-24-13-18(28-20)12-23-17(14-26)11-16-9-7-6-8-10-16/h6-10,13,15,17,19,23,26H,11-12,14H2,1-5H3,(H,25,27)/t17-,19+/m1/s1. The van der Waals surface area contributed by atoms with Gasteiger partial charge in [-0.05, 0) is 38.7 Å². The second-order valence-corrected chi connectivity index (χ2v) is 8.48. The van der Waals surface area contributed by atoms with Gasteiger partial charge < -0.3 is 24.9 Å². The van der Waals surface area contributed by atoms with E-state index >= 15 is 0 Å². The number of carbonyl (C=O) groups is 1. The first kappa shape index (κ1) is 22.9. The highest BCUT2D eigenvalue weighted by molar-refractivity contribution is 5.68. The quantitative estimate of drug-likeness (QED) is 0.592.